The van der Waals surface area contributed by atoms with E-state index >= 15 is 0 Å². The lowest BCUT2D eigenvalue weighted by molar-refractivity contribution is 0.0977. The first kappa shape index (κ1) is 21.4. The average molecular weight is 433 g/mol. The Morgan fingerprint density at radius 2 is 1.90 bits per heavy atom. The highest BCUT2D eigenvalue weighted by Gasteiger charge is 2.18. The lowest BCUT2D eigenvalue weighted by atomic mass is 10.2. The molecule has 0 radical (unpaired) electrons. The molecule has 6 nitrogen and oxygen atoms in total. The van der Waals surface area contributed by atoms with Crippen LogP contribution < -0.4 is 20.3 Å². The number of halogens is 1. The zero-order valence-corrected chi connectivity index (χ0v) is 18.1. The Hall–Kier alpha value is -2.35. The summed E-state index contributed by atoms with van der Waals surface area (Å²) >= 11 is 11.5. The van der Waals surface area contributed by atoms with E-state index in [1.807, 2.05) is 25.1 Å². The highest BCUT2D eigenvalue weighted by Crippen LogP contribution is 2.27. The van der Waals surface area contributed by atoms with Crippen molar-refractivity contribution in [1.82, 2.24) is 10.2 Å². The molecule has 8 heteroatoms. The molecular formula is C21H25ClN4O2S. The molecule has 1 amide bonds. The van der Waals surface area contributed by atoms with Crippen LogP contribution in [-0.4, -0.2) is 55.8 Å². The summed E-state index contributed by atoms with van der Waals surface area (Å²) in [7, 11) is 2.12. The maximum absolute atomic E-state index is 12.5. The molecule has 0 saturated carbocycles. The molecule has 154 valence electrons. The van der Waals surface area contributed by atoms with E-state index < -0.39 is 0 Å². The summed E-state index contributed by atoms with van der Waals surface area (Å²) in [5.41, 5.74) is 2.35. The Labute approximate surface area is 181 Å². The van der Waals surface area contributed by atoms with Crippen LogP contribution in [0.25, 0.3) is 0 Å². The number of ether oxygens (including phenoxy) is 1. The standard InChI is InChI=1S/C21H25ClN4O2S/c1-3-28-19-9-8-15(14-16(19)22)20(27)24-21(29)23-17-6-4-5-7-18(17)26-12-10-25(2)11-13-26/h4-9,14H,3,10-13H2,1-2H3,(H2,23,24,27,29). The second-order valence-electron chi connectivity index (χ2n) is 6.79. The number of carbonyl (C=O) groups excluding carboxylic acids is 1. The van der Waals surface area contributed by atoms with Crippen LogP contribution >= 0.6 is 23.8 Å². The summed E-state index contributed by atoms with van der Waals surface area (Å²) < 4.78 is 5.40. The zero-order valence-electron chi connectivity index (χ0n) is 16.6. The minimum Gasteiger partial charge on any atom is -0.492 e. The molecule has 1 fully saturated rings. The SMILES string of the molecule is CCOc1ccc(C(=O)NC(=S)Nc2ccccc2N2CCN(C)CC2)cc1Cl. The van der Waals surface area contributed by atoms with Gasteiger partial charge in [0.25, 0.3) is 5.91 Å². The van der Waals surface area contributed by atoms with E-state index in [-0.39, 0.29) is 11.0 Å². The van der Waals surface area contributed by atoms with Gasteiger partial charge in [-0.15, -0.1) is 0 Å². The number of nitrogens with one attached hydrogen (secondary N) is 2. The smallest absolute Gasteiger partial charge is 0.257 e. The number of anilines is 2. The molecule has 0 aliphatic carbocycles. The van der Waals surface area contributed by atoms with Gasteiger partial charge >= 0.3 is 0 Å². The first-order valence-electron chi connectivity index (χ1n) is 9.55. The third kappa shape index (κ3) is 5.59. The van der Waals surface area contributed by atoms with Crippen LogP contribution in [0.1, 0.15) is 17.3 Å². The highest BCUT2D eigenvalue weighted by atomic mass is 35.5. The molecule has 0 aromatic heterocycles. The summed E-state index contributed by atoms with van der Waals surface area (Å²) in [5, 5.41) is 6.49. The van der Waals surface area contributed by atoms with Crippen molar-refractivity contribution >= 4 is 46.2 Å². The van der Waals surface area contributed by atoms with Gasteiger partial charge in [0.05, 0.1) is 23.0 Å². The van der Waals surface area contributed by atoms with Gasteiger partial charge in [0.1, 0.15) is 5.75 Å². The first-order chi connectivity index (χ1) is 14.0. The lowest BCUT2D eigenvalue weighted by Gasteiger charge is -2.35. The Morgan fingerprint density at radius 1 is 1.17 bits per heavy atom. The number of piperazine rings is 1. The third-order valence-corrected chi connectivity index (χ3v) is 5.22. The minimum absolute atomic E-state index is 0.238. The second kappa shape index (κ2) is 9.91. The number of nitrogens with zero attached hydrogens (tertiary/aromatic N) is 2. The zero-order chi connectivity index (χ0) is 20.8. The number of para-hydroxylation sites is 2. The fourth-order valence-corrected chi connectivity index (χ4v) is 3.58. The van der Waals surface area contributed by atoms with Gasteiger partial charge < -0.3 is 19.9 Å². The molecule has 1 aliphatic heterocycles. The normalized spacial score (nSPS) is 14.4. The molecule has 1 aliphatic rings. The minimum atomic E-state index is -0.329. The Balaban J connectivity index is 1.65. The molecule has 1 heterocycles. The number of hydrogen-bond acceptors (Lipinski definition) is 5. The van der Waals surface area contributed by atoms with E-state index in [0.717, 1.165) is 37.6 Å². The summed E-state index contributed by atoms with van der Waals surface area (Å²) in [6.07, 6.45) is 0. The van der Waals surface area contributed by atoms with E-state index in [9.17, 15) is 4.79 Å². The fraction of sp³-hybridized carbons (Fsp3) is 0.333. The van der Waals surface area contributed by atoms with Crippen molar-refractivity contribution in [1.29, 1.82) is 0 Å². The molecule has 0 bridgehead atoms. The van der Waals surface area contributed by atoms with Gasteiger partial charge in [0, 0.05) is 31.7 Å². The van der Waals surface area contributed by atoms with Gasteiger partial charge in [0.2, 0.25) is 0 Å². The maximum Gasteiger partial charge on any atom is 0.257 e. The molecule has 0 unspecified atom stereocenters. The van der Waals surface area contributed by atoms with Gasteiger partial charge in [-0.3, -0.25) is 10.1 Å². The molecule has 0 spiro atoms. The van der Waals surface area contributed by atoms with E-state index in [1.165, 1.54) is 0 Å². The number of thiocarbonyl (C=S) groups is 1. The van der Waals surface area contributed by atoms with Gasteiger partial charge in [-0.1, -0.05) is 23.7 Å². The topological polar surface area (TPSA) is 56.8 Å². The van der Waals surface area contributed by atoms with E-state index in [2.05, 4.69) is 33.5 Å². The number of carbonyl (C=O) groups is 1. The molecular weight excluding hydrogens is 408 g/mol. The average Bonchev–Trinajstić information content (AvgIpc) is 2.70. The van der Waals surface area contributed by atoms with Crippen LogP contribution in [0.5, 0.6) is 5.75 Å². The molecule has 1 saturated heterocycles. The quantitative estimate of drug-likeness (QED) is 0.704. The number of likely N-dealkylation sites (N-methyl/N-ethyl adjacent to an activating group) is 1. The lowest BCUT2D eigenvalue weighted by Crippen LogP contribution is -2.45. The second-order valence-corrected chi connectivity index (χ2v) is 7.61. The fourth-order valence-electron chi connectivity index (χ4n) is 3.15. The van der Waals surface area contributed by atoms with Crippen LogP contribution in [-0.2, 0) is 0 Å². The van der Waals surface area contributed by atoms with Crippen LogP contribution in [0, 0.1) is 0 Å². The van der Waals surface area contributed by atoms with Crippen molar-refractivity contribution in [3.05, 3.63) is 53.1 Å². The Bertz CT molecular complexity index is 885. The predicted molar refractivity (Wildman–Crippen MR) is 122 cm³/mol. The highest BCUT2D eigenvalue weighted by molar-refractivity contribution is 7.80. The number of rotatable bonds is 5. The number of benzene rings is 2. The molecule has 0 atom stereocenters. The number of amides is 1. The van der Waals surface area contributed by atoms with Crippen LogP contribution in [0.3, 0.4) is 0 Å². The van der Waals surface area contributed by atoms with E-state index in [4.69, 9.17) is 28.6 Å². The van der Waals surface area contributed by atoms with Crippen molar-refractivity contribution < 1.29 is 9.53 Å². The van der Waals surface area contributed by atoms with Crippen LogP contribution in [0.15, 0.2) is 42.5 Å². The van der Waals surface area contributed by atoms with Crippen molar-refractivity contribution in [2.24, 2.45) is 0 Å². The molecule has 3 rings (SSSR count). The first-order valence-corrected chi connectivity index (χ1v) is 10.3. The molecule has 2 aromatic rings. The summed E-state index contributed by atoms with van der Waals surface area (Å²) in [6.45, 7) is 6.28. The van der Waals surface area contributed by atoms with Gasteiger partial charge in [-0.2, -0.15) is 0 Å². The Morgan fingerprint density at radius 3 is 2.59 bits per heavy atom. The third-order valence-electron chi connectivity index (χ3n) is 4.72. The summed E-state index contributed by atoms with van der Waals surface area (Å²) in [6, 6.07) is 12.9. The van der Waals surface area contributed by atoms with E-state index in [1.54, 1.807) is 18.2 Å². The monoisotopic (exact) mass is 432 g/mol. The largest absolute Gasteiger partial charge is 0.492 e. The summed E-state index contributed by atoms with van der Waals surface area (Å²) in [5.74, 6) is 0.219. The summed E-state index contributed by atoms with van der Waals surface area (Å²) in [4.78, 5) is 17.2. The van der Waals surface area contributed by atoms with Crippen LogP contribution in [0.4, 0.5) is 11.4 Å². The van der Waals surface area contributed by atoms with Crippen molar-refractivity contribution in [3.8, 4) is 5.75 Å². The molecule has 2 N–H and O–H groups in total. The van der Waals surface area contributed by atoms with Crippen LogP contribution in [0.2, 0.25) is 5.02 Å². The molecule has 2 aromatic carbocycles. The van der Waals surface area contributed by atoms with Gasteiger partial charge in [0.15, 0.2) is 5.11 Å². The molecule has 29 heavy (non-hydrogen) atoms. The van der Waals surface area contributed by atoms with Gasteiger partial charge in [-0.05, 0) is 56.5 Å². The maximum atomic E-state index is 12.5. The predicted octanol–water partition coefficient (Wildman–Crippen LogP) is 3.62. The van der Waals surface area contributed by atoms with E-state index in [0.29, 0.717) is 22.9 Å². The Kier molecular flexibility index (Phi) is 7.30. The van der Waals surface area contributed by atoms with Crippen molar-refractivity contribution in [3.63, 3.8) is 0 Å². The van der Waals surface area contributed by atoms with Crippen molar-refractivity contribution in [2.45, 2.75) is 6.92 Å². The number of hydrogen-bond donors (Lipinski definition) is 2. The van der Waals surface area contributed by atoms with Gasteiger partial charge in [-0.25, -0.2) is 0 Å². The van der Waals surface area contributed by atoms with Crippen molar-refractivity contribution in [2.75, 3.05) is 50.1 Å².